The van der Waals surface area contributed by atoms with Gasteiger partial charge in [-0.25, -0.2) is 4.79 Å². The van der Waals surface area contributed by atoms with Gasteiger partial charge in [-0.15, -0.1) is 0 Å². The summed E-state index contributed by atoms with van der Waals surface area (Å²) in [4.78, 5) is 24.0. The highest BCUT2D eigenvalue weighted by Crippen LogP contribution is 2.27. The van der Waals surface area contributed by atoms with E-state index in [0.29, 0.717) is 18.8 Å². The van der Waals surface area contributed by atoms with Crippen molar-refractivity contribution in [1.82, 2.24) is 4.90 Å². The Hall–Kier alpha value is -1.86. The number of nitrogens with zero attached hydrogens (tertiary/aromatic N) is 2. The van der Waals surface area contributed by atoms with Crippen molar-refractivity contribution in [2.24, 2.45) is 0 Å². The Bertz CT molecular complexity index is 556. The largest absolute Gasteiger partial charge is 0.372 e. The number of ether oxygens (including phenoxy) is 1. The van der Waals surface area contributed by atoms with Gasteiger partial charge >= 0.3 is 6.03 Å². The normalized spacial score (nSPS) is 22.0. The molecule has 21 heavy (non-hydrogen) atoms. The maximum absolute atomic E-state index is 12.2. The summed E-state index contributed by atoms with van der Waals surface area (Å²) in [6, 6.07) is 3.85. The SMILES string of the molecule is C[C@H]1CN(C(=O)Nc2ccc(Cl)c([N+](=O)[O-])c2)C[C@H](C)O1. The van der Waals surface area contributed by atoms with E-state index in [9.17, 15) is 14.9 Å². The van der Waals surface area contributed by atoms with Crippen molar-refractivity contribution < 1.29 is 14.5 Å². The molecule has 2 rings (SSSR count). The van der Waals surface area contributed by atoms with Gasteiger partial charge in [0.25, 0.3) is 5.69 Å². The minimum Gasteiger partial charge on any atom is -0.372 e. The van der Waals surface area contributed by atoms with Gasteiger partial charge in [-0.05, 0) is 26.0 Å². The van der Waals surface area contributed by atoms with Gasteiger partial charge in [-0.3, -0.25) is 10.1 Å². The van der Waals surface area contributed by atoms with Crippen LogP contribution in [0.15, 0.2) is 18.2 Å². The van der Waals surface area contributed by atoms with Crippen LogP contribution in [0.1, 0.15) is 13.8 Å². The lowest BCUT2D eigenvalue weighted by Gasteiger charge is -2.35. The van der Waals surface area contributed by atoms with Gasteiger partial charge in [0.2, 0.25) is 0 Å². The molecule has 1 aromatic carbocycles. The fraction of sp³-hybridized carbons (Fsp3) is 0.462. The molecule has 1 aliphatic rings. The summed E-state index contributed by atoms with van der Waals surface area (Å²) >= 11 is 5.73. The molecular formula is C13H16ClN3O4. The first kappa shape index (κ1) is 15.5. The molecule has 0 unspecified atom stereocenters. The van der Waals surface area contributed by atoms with Crippen LogP contribution in [0.2, 0.25) is 5.02 Å². The van der Waals surface area contributed by atoms with Gasteiger partial charge in [0, 0.05) is 24.8 Å². The monoisotopic (exact) mass is 313 g/mol. The molecule has 2 atom stereocenters. The minimum absolute atomic E-state index is 0.0339. The number of nitro benzene ring substituents is 1. The molecule has 1 N–H and O–H groups in total. The topological polar surface area (TPSA) is 84.7 Å². The number of urea groups is 1. The van der Waals surface area contributed by atoms with Gasteiger partial charge in [0.1, 0.15) is 5.02 Å². The minimum atomic E-state index is -0.586. The Kier molecular flexibility index (Phi) is 4.64. The van der Waals surface area contributed by atoms with E-state index in [1.165, 1.54) is 18.2 Å². The number of morpholine rings is 1. The lowest BCUT2D eigenvalue weighted by molar-refractivity contribution is -0.384. The summed E-state index contributed by atoms with van der Waals surface area (Å²) in [5.41, 5.74) is 0.0982. The maximum atomic E-state index is 12.2. The first-order valence-corrected chi connectivity index (χ1v) is 6.90. The first-order valence-electron chi connectivity index (χ1n) is 6.52. The van der Waals surface area contributed by atoms with Crippen LogP contribution in [0, 0.1) is 10.1 Å². The van der Waals surface area contributed by atoms with Crippen molar-refractivity contribution >= 4 is 29.0 Å². The summed E-state index contributed by atoms with van der Waals surface area (Å²) in [6.45, 7) is 4.74. The Morgan fingerprint density at radius 3 is 2.62 bits per heavy atom. The third-order valence-electron chi connectivity index (χ3n) is 3.10. The molecule has 1 aliphatic heterocycles. The number of amides is 2. The summed E-state index contributed by atoms with van der Waals surface area (Å²) in [6.07, 6.45) is -0.0851. The zero-order chi connectivity index (χ0) is 15.6. The predicted octanol–water partition coefficient (Wildman–Crippen LogP) is 2.89. The second-order valence-electron chi connectivity index (χ2n) is 5.02. The van der Waals surface area contributed by atoms with E-state index in [-0.39, 0.29) is 28.9 Å². The van der Waals surface area contributed by atoms with E-state index in [0.717, 1.165) is 0 Å². The van der Waals surface area contributed by atoms with E-state index in [2.05, 4.69) is 5.32 Å². The number of anilines is 1. The number of benzene rings is 1. The highest BCUT2D eigenvalue weighted by atomic mass is 35.5. The zero-order valence-corrected chi connectivity index (χ0v) is 12.5. The lowest BCUT2D eigenvalue weighted by atomic mass is 10.2. The van der Waals surface area contributed by atoms with Crippen LogP contribution < -0.4 is 5.32 Å². The van der Waals surface area contributed by atoms with Crippen molar-refractivity contribution in [3.63, 3.8) is 0 Å². The Morgan fingerprint density at radius 2 is 2.05 bits per heavy atom. The number of nitrogens with one attached hydrogen (secondary N) is 1. The fourth-order valence-electron chi connectivity index (χ4n) is 2.28. The smallest absolute Gasteiger partial charge is 0.322 e. The van der Waals surface area contributed by atoms with Gasteiger partial charge < -0.3 is 15.0 Å². The first-order chi connectivity index (χ1) is 9.86. The molecule has 7 nitrogen and oxygen atoms in total. The quantitative estimate of drug-likeness (QED) is 0.672. The van der Waals surface area contributed by atoms with Crippen LogP contribution in [0.5, 0.6) is 0 Å². The van der Waals surface area contributed by atoms with Crippen LogP contribution in [0.3, 0.4) is 0 Å². The number of halogens is 1. The van der Waals surface area contributed by atoms with Gasteiger partial charge in [-0.1, -0.05) is 11.6 Å². The number of rotatable bonds is 2. The van der Waals surface area contributed by atoms with Crippen LogP contribution in [-0.4, -0.2) is 41.2 Å². The molecule has 0 spiro atoms. The van der Waals surface area contributed by atoms with Crippen LogP contribution in [0.25, 0.3) is 0 Å². The van der Waals surface area contributed by atoms with Crippen LogP contribution in [0.4, 0.5) is 16.2 Å². The standard InChI is InChI=1S/C13H16ClN3O4/c1-8-6-16(7-9(2)21-8)13(18)15-10-3-4-11(14)12(5-10)17(19)20/h3-5,8-9H,6-7H2,1-2H3,(H,15,18)/t8-,9-/m0/s1. The molecule has 0 bridgehead atoms. The third kappa shape index (κ3) is 3.83. The number of carbonyl (C=O) groups excluding carboxylic acids is 1. The van der Waals surface area contributed by atoms with Crippen LogP contribution >= 0.6 is 11.6 Å². The van der Waals surface area contributed by atoms with E-state index >= 15 is 0 Å². The Morgan fingerprint density at radius 1 is 1.43 bits per heavy atom. The molecule has 0 radical (unpaired) electrons. The summed E-state index contributed by atoms with van der Waals surface area (Å²) in [5, 5.41) is 13.5. The molecule has 1 aromatic rings. The number of nitro groups is 1. The van der Waals surface area contributed by atoms with E-state index in [1.54, 1.807) is 4.90 Å². The highest BCUT2D eigenvalue weighted by molar-refractivity contribution is 6.32. The number of hydrogen-bond acceptors (Lipinski definition) is 4. The third-order valence-corrected chi connectivity index (χ3v) is 3.42. The Balaban J connectivity index is 2.09. The van der Waals surface area contributed by atoms with Gasteiger partial charge in [0.05, 0.1) is 17.1 Å². The van der Waals surface area contributed by atoms with Gasteiger partial charge in [0.15, 0.2) is 0 Å². The number of carbonyl (C=O) groups is 1. The molecule has 0 aliphatic carbocycles. The molecule has 8 heteroatoms. The summed E-state index contributed by atoms with van der Waals surface area (Å²) < 4.78 is 5.55. The van der Waals surface area contributed by atoms with E-state index in [1.807, 2.05) is 13.8 Å². The predicted molar refractivity (Wildman–Crippen MR) is 78.7 cm³/mol. The Labute approximate surface area is 127 Å². The lowest BCUT2D eigenvalue weighted by Crippen LogP contribution is -2.49. The summed E-state index contributed by atoms with van der Waals surface area (Å²) in [7, 11) is 0. The van der Waals surface area contributed by atoms with E-state index < -0.39 is 4.92 Å². The summed E-state index contributed by atoms with van der Waals surface area (Å²) in [5.74, 6) is 0. The molecule has 1 fully saturated rings. The van der Waals surface area contributed by atoms with Crippen molar-refractivity contribution in [1.29, 1.82) is 0 Å². The average Bonchev–Trinajstić information content (AvgIpc) is 2.39. The maximum Gasteiger partial charge on any atom is 0.322 e. The molecular weight excluding hydrogens is 298 g/mol. The van der Waals surface area contributed by atoms with Crippen LogP contribution in [-0.2, 0) is 4.74 Å². The second-order valence-corrected chi connectivity index (χ2v) is 5.42. The molecule has 1 saturated heterocycles. The van der Waals surface area contributed by atoms with Crippen molar-refractivity contribution in [3.05, 3.63) is 33.3 Å². The van der Waals surface area contributed by atoms with Gasteiger partial charge in [-0.2, -0.15) is 0 Å². The molecule has 0 saturated carbocycles. The molecule has 1 heterocycles. The molecule has 114 valence electrons. The second kappa shape index (κ2) is 6.28. The fourth-order valence-corrected chi connectivity index (χ4v) is 2.46. The zero-order valence-electron chi connectivity index (χ0n) is 11.7. The highest BCUT2D eigenvalue weighted by Gasteiger charge is 2.26. The van der Waals surface area contributed by atoms with Crippen molar-refractivity contribution in [2.45, 2.75) is 26.1 Å². The number of hydrogen-bond donors (Lipinski definition) is 1. The average molecular weight is 314 g/mol. The van der Waals surface area contributed by atoms with E-state index in [4.69, 9.17) is 16.3 Å². The van der Waals surface area contributed by atoms with Crippen molar-refractivity contribution in [2.75, 3.05) is 18.4 Å². The van der Waals surface area contributed by atoms with Crippen molar-refractivity contribution in [3.8, 4) is 0 Å². The molecule has 2 amide bonds. The molecule has 0 aromatic heterocycles.